The first-order chi connectivity index (χ1) is 12.4. The van der Waals surface area contributed by atoms with Crippen molar-refractivity contribution in [3.63, 3.8) is 0 Å². The molecular weight excluding hydrogens is 424 g/mol. The maximum atomic E-state index is 14.3. The van der Waals surface area contributed by atoms with Gasteiger partial charge in [-0.1, -0.05) is 22.0 Å². The number of rotatable bonds is 3. The minimum Gasteiger partial charge on any atom is -0.351 e. The normalized spacial score (nSPS) is 16.8. The molecule has 0 saturated heterocycles. The molecule has 0 spiro atoms. The molecule has 0 radical (unpaired) electrons. The molecule has 1 unspecified atom stereocenters. The first-order valence-electron chi connectivity index (χ1n) is 7.66. The molecule has 0 aliphatic carbocycles. The number of halogens is 3. The van der Waals surface area contributed by atoms with Crippen LogP contribution in [0.2, 0.25) is 0 Å². The number of benzene rings is 2. The van der Waals surface area contributed by atoms with Gasteiger partial charge >= 0.3 is 0 Å². The fraction of sp³-hybridized carbons (Fsp3) is 0.111. The van der Waals surface area contributed by atoms with Crippen LogP contribution in [0.5, 0.6) is 0 Å². The van der Waals surface area contributed by atoms with Crippen LogP contribution in [-0.2, 0) is 4.79 Å². The van der Waals surface area contributed by atoms with E-state index in [2.05, 4.69) is 31.9 Å². The van der Waals surface area contributed by atoms with Crippen molar-refractivity contribution in [1.29, 1.82) is 0 Å². The quantitative estimate of drug-likeness (QED) is 0.631. The maximum absolute atomic E-state index is 14.3. The summed E-state index contributed by atoms with van der Waals surface area (Å²) in [5, 5.41) is 8.54. The zero-order chi connectivity index (χ0) is 18.8. The summed E-state index contributed by atoms with van der Waals surface area (Å²) in [5.74, 6) is -2.00. The van der Waals surface area contributed by atoms with Crippen molar-refractivity contribution in [1.82, 2.24) is 10.6 Å². The van der Waals surface area contributed by atoms with Crippen molar-refractivity contribution in [2.24, 2.45) is 0 Å². The summed E-state index contributed by atoms with van der Waals surface area (Å²) in [6, 6.07) is 9.49. The van der Waals surface area contributed by atoms with Gasteiger partial charge in [-0.15, -0.1) is 0 Å². The monoisotopic (exact) mass is 437 g/mol. The third-order valence-corrected chi connectivity index (χ3v) is 4.65. The Balaban J connectivity index is 2.00. The highest BCUT2D eigenvalue weighted by molar-refractivity contribution is 9.10. The van der Waals surface area contributed by atoms with Crippen molar-refractivity contribution in [2.45, 2.75) is 13.0 Å². The summed E-state index contributed by atoms with van der Waals surface area (Å²) >= 11 is 8.41. The number of carbonyl (C=O) groups excluding carboxylic acids is 1. The topological polar surface area (TPSA) is 53.2 Å². The highest BCUT2D eigenvalue weighted by Gasteiger charge is 2.33. The highest BCUT2D eigenvalue weighted by Crippen LogP contribution is 2.31. The second-order valence-corrected chi connectivity index (χ2v) is 6.99. The number of thiocarbonyl (C=S) groups is 1. The number of allylic oxidation sites excluding steroid dienone is 1. The lowest BCUT2D eigenvalue weighted by Crippen LogP contribution is -2.46. The fourth-order valence-electron chi connectivity index (χ4n) is 2.73. The molecule has 1 aliphatic rings. The minimum atomic E-state index is -1.04. The average Bonchev–Trinajstić information content (AvgIpc) is 2.56. The Bertz CT molecular complexity index is 895. The van der Waals surface area contributed by atoms with Gasteiger partial charge in [-0.05, 0) is 55.5 Å². The first-order valence-corrected chi connectivity index (χ1v) is 8.86. The van der Waals surface area contributed by atoms with E-state index in [-0.39, 0.29) is 16.2 Å². The third kappa shape index (κ3) is 3.76. The van der Waals surface area contributed by atoms with Gasteiger partial charge in [0.05, 0.1) is 17.2 Å². The van der Waals surface area contributed by atoms with Crippen LogP contribution >= 0.6 is 28.1 Å². The van der Waals surface area contributed by atoms with Gasteiger partial charge in [0.1, 0.15) is 11.6 Å². The third-order valence-electron chi connectivity index (χ3n) is 3.90. The molecule has 4 nitrogen and oxygen atoms in total. The van der Waals surface area contributed by atoms with Gasteiger partial charge in [0.2, 0.25) is 0 Å². The molecule has 3 rings (SSSR count). The lowest BCUT2D eigenvalue weighted by atomic mass is 9.94. The van der Waals surface area contributed by atoms with Crippen LogP contribution < -0.4 is 16.0 Å². The number of hydrogen-bond donors (Lipinski definition) is 3. The lowest BCUT2D eigenvalue weighted by molar-refractivity contribution is -0.113. The number of anilines is 1. The summed E-state index contributed by atoms with van der Waals surface area (Å²) in [5.41, 5.74) is 0.887. The highest BCUT2D eigenvalue weighted by atomic mass is 79.9. The molecule has 0 bridgehead atoms. The Morgan fingerprint density at radius 2 is 1.77 bits per heavy atom. The van der Waals surface area contributed by atoms with Gasteiger partial charge in [-0.3, -0.25) is 4.79 Å². The van der Waals surface area contributed by atoms with E-state index in [0.29, 0.717) is 11.4 Å². The van der Waals surface area contributed by atoms with Crippen LogP contribution in [0.15, 0.2) is 58.2 Å². The van der Waals surface area contributed by atoms with E-state index < -0.39 is 23.6 Å². The Hall–Kier alpha value is -2.32. The Morgan fingerprint density at radius 1 is 1.15 bits per heavy atom. The van der Waals surface area contributed by atoms with Gasteiger partial charge < -0.3 is 16.0 Å². The van der Waals surface area contributed by atoms with Gasteiger partial charge in [-0.2, -0.15) is 0 Å². The summed E-state index contributed by atoms with van der Waals surface area (Å²) in [6.07, 6.45) is 0. The molecule has 1 amide bonds. The van der Waals surface area contributed by atoms with Crippen molar-refractivity contribution in [3.8, 4) is 0 Å². The minimum absolute atomic E-state index is 0.158. The molecule has 2 aromatic carbocycles. The van der Waals surface area contributed by atoms with Crippen LogP contribution in [0.3, 0.4) is 0 Å². The standard InChI is InChI=1S/C18H14BrF2N3OS/c1-9-14(17(25)23-11-7-5-10(19)6-8-11)16(24-18(26)22-9)15-12(20)3-2-4-13(15)21/h2-8,16H,1H3,(H,23,25)(H2,22,24,26). The number of carbonyl (C=O) groups is 1. The Kier molecular flexibility index (Phi) is 5.33. The molecule has 0 aromatic heterocycles. The second-order valence-electron chi connectivity index (χ2n) is 5.67. The predicted octanol–water partition coefficient (Wildman–Crippen LogP) is 4.16. The second kappa shape index (κ2) is 7.51. The van der Waals surface area contributed by atoms with Crippen molar-refractivity contribution in [2.75, 3.05) is 5.32 Å². The molecule has 1 aliphatic heterocycles. The van der Waals surface area contributed by atoms with Gasteiger partial charge in [0.25, 0.3) is 5.91 Å². The van der Waals surface area contributed by atoms with Crippen LogP contribution in [0.4, 0.5) is 14.5 Å². The van der Waals surface area contributed by atoms with Gasteiger partial charge in [0.15, 0.2) is 5.11 Å². The molecule has 3 N–H and O–H groups in total. The van der Waals surface area contributed by atoms with Crippen LogP contribution in [0, 0.1) is 11.6 Å². The molecule has 134 valence electrons. The zero-order valence-corrected chi connectivity index (χ0v) is 16.0. The van der Waals surface area contributed by atoms with E-state index in [4.69, 9.17) is 12.2 Å². The van der Waals surface area contributed by atoms with Crippen LogP contribution in [-0.4, -0.2) is 11.0 Å². The molecular formula is C18H14BrF2N3OS. The molecule has 8 heteroatoms. The average molecular weight is 438 g/mol. The van der Waals surface area contributed by atoms with E-state index in [1.807, 2.05) is 0 Å². The molecule has 1 heterocycles. The lowest BCUT2D eigenvalue weighted by Gasteiger charge is -2.30. The molecule has 2 aromatic rings. The Morgan fingerprint density at radius 3 is 2.38 bits per heavy atom. The number of nitrogens with one attached hydrogen (secondary N) is 3. The largest absolute Gasteiger partial charge is 0.351 e. The molecule has 1 atom stereocenters. The summed E-state index contributed by atoms with van der Waals surface area (Å²) in [6.45, 7) is 1.63. The molecule has 26 heavy (non-hydrogen) atoms. The summed E-state index contributed by atoms with van der Waals surface area (Å²) in [4.78, 5) is 12.8. The Labute approximate surface area is 162 Å². The SMILES string of the molecule is CC1=C(C(=O)Nc2ccc(Br)cc2)C(c2c(F)cccc2F)NC(=S)N1. The fourth-order valence-corrected chi connectivity index (χ4v) is 3.26. The van der Waals surface area contributed by atoms with Crippen LogP contribution in [0.1, 0.15) is 18.5 Å². The van der Waals surface area contributed by atoms with Gasteiger partial charge in [-0.25, -0.2) is 8.78 Å². The smallest absolute Gasteiger partial charge is 0.255 e. The maximum Gasteiger partial charge on any atom is 0.255 e. The van der Waals surface area contributed by atoms with E-state index in [1.54, 1.807) is 31.2 Å². The molecule has 0 fully saturated rings. The van der Waals surface area contributed by atoms with E-state index in [1.165, 1.54) is 6.07 Å². The van der Waals surface area contributed by atoms with E-state index in [0.717, 1.165) is 16.6 Å². The number of hydrogen-bond acceptors (Lipinski definition) is 2. The summed E-state index contributed by atoms with van der Waals surface area (Å²) < 4.78 is 29.5. The zero-order valence-electron chi connectivity index (χ0n) is 13.6. The van der Waals surface area contributed by atoms with E-state index >= 15 is 0 Å². The predicted molar refractivity (Wildman–Crippen MR) is 103 cm³/mol. The van der Waals surface area contributed by atoms with Crippen molar-refractivity contribution >= 4 is 44.9 Å². The van der Waals surface area contributed by atoms with Crippen LogP contribution in [0.25, 0.3) is 0 Å². The van der Waals surface area contributed by atoms with Crippen molar-refractivity contribution < 1.29 is 13.6 Å². The van der Waals surface area contributed by atoms with Gasteiger partial charge in [0, 0.05) is 15.9 Å². The first kappa shape index (κ1) is 18.5. The van der Waals surface area contributed by atoms with Crippen molar-refractivity contribution in [3.05, 3.63) is 75.4 Å². The summed E-state index contributed by atoms with van der Waals surface area (Å²) in [7, 11) is 0. The number of amides is 1. The van der Waals surface area contributed by atoms with E-state index in [9.17, 15) is 13.6 Å². The molecule has 0 saturated carbocycles.